The summed E-state index contributed by atoms with van der Waals surface area (Å²) >= 11 is 15.1. The SMILES string of the molecule is COc1cc(-c2cc(F)cc(F)c2)c(Cl)cc1O[B]O.COc1ccc(Cl)c(Br)c1.O[B]Oc1cc(F)cc(F)c1. The Kier molecular flexibility index (Phi) is 14.1. The van der Waals surface area contributed by atoms with E-state index in [1.54, 1.807) is 13.2 Å². The molecule has 0 spiro atoms. The van der Waals surface area contributed by atoms with Crippen LogP contribution in [-0.4, -0.2) is 39.6 Å². The van der Waals surface area contributed by atoms with Gasteiger partial charge < -0.3 is 28.8 Å². The zero-order valence-electron chi connectivity index (χ0n) is 21.2. The Bertz CT molecular complexity index is 1420. The van der Waals surface area contributed by atoms with Gasteiger partial charge in [-0.05, 0) is 57.9 Å². The maximum absolute atomic E-state index is 13.3. The van der Waals surface area contributed by atoms with Crippen molar-refractivity contribution >= 4 is 54.5 Å². The number of methoxy groups -OCH3 is 2. The van der Waals surface area contributed by atoms with Crippen molar-refractivity contribution in [1.82, 2.24) is 0 Å². The van der Waals surface area contributed by atoms with Crippen LogP contribution in [0.25, 0.3) is 11.1 Å². The minimum absolute atomic E-state index is 0.0787. The second kappa shape index (κ2) is 17.0. The van der Waals surface area contributed by atoms with Crippen LogP contribution < -0.4 is 18.8 Å². The van der Waals surface area contributed by atoms with Gasteiger partial charge in [0.2, 0.25) is 0 Å². The van der Waals surface area contributed by atoms with Gasteiger partial charge in [-0.3, -0.25) is 0 Å². The summed E-state index contributed by atoms with van der Waals surface area (Å²) in [5.41, 5.74) is 0.650. The molecule has 0 fully saturated rings. The molecule has 2 radical (unpaired) electrons. The standard InChI is InChI=1S/C13H9BClF2O3.C7H6BrClO.C6H4BF2O2/c1-19-12-5-10(11(15)6-13(12)20-14-18)7-2-8(16)4-9(17)3-7;1-10-5-2-3-7(9)6(8)4-5;8-4-1-5(9)3-6(2-4)11-7-10/h2-6,18H,1H3;2-4H,1H3;1-3,10H. The average Bonchev–Trinajstić information content (AvgIpc) is 2.90. The third-order valence-electron chi connectivity index (χ3n) is 4.76. The largest absolute Gasteiger partial charge is 0.569 e. The molecule has 15 heteroatoms. The molecular formula is C26H19B2BrCl2F4O6. The monoisotopic (exact) mass is 674 g/mol. The normalized spacial score (nSPS) is 9.83. The molecule has 0 aliphatic heterocycles. The molecule has 0 unspecified atom stereocenters. The van der Waals surface area contributed by atoms with E-state index in [0.29, 0.717) is 32.0 Å². The maximum atomic E-state index is 13.3. The molecule has 0 atom stereocenters. The van der Waals surface area contributed by atoms with Gasteiger partial charge in [0.15, 0.2) is 5.75 Å². The van der Waals surface area contributed by atoms with Gasteiger partial charge in [-0.1, -0.05) is 23.2 Å². The van der Waals surface area contributed by atoms with Gasteiger partial charge in [0.1, 0.15) is 40.5 Å². The smallest absolute Gasteiger partial charge is 0.537 e. The van der Waals surface area contributed by atoms with Crippen LogP contribution >= 0.6 is 39.1 Å². The zero-order chi connectivity index (χ0) is 30.5. The summed E-state index contributed by atoms with van der Waals surface area (Å²) < 4.78 is 71.2. The molecule has 0 aliphatic rings. The molecule has 41 heavy (non-hydrogen) atoms. The molecule has 0 aliphatic carbocycles. The summed E-state index contributed by atoms with van der Waals surface area (Å²) in [6.07, 6.45) is 0. The van der Waals surface area contributed by atoms with Crippen molar-refractivity contribution < 1.29 is 46.4 Å². The number of halogens is 7. The number of hydrogen-bond acceptors (Lipinski definition) is 6. The topological polar surface area (TPSA) is 77.4 Å². The van der Waals surface area contributed by atoms with E-state index in [2.05, 4.69) is 20.6 Å². The number of benzene rings is 4. The lowest BCUT2D eigenvalue weighted by atomic mass is 10.0. The lowest BCUT2D eigenvalue weighted by molar-refractivity contribution is 0.382. The van der Waals surface area contributed by atoms with Crippen molar-refractivity contribution in [2.24, 2.45) is 0 Å². The van der Waals surface area contributed by atoms with Gasteiger partial charge in [-0.2, -0.15) is 0 Å². The highest BCUT2D eigenvalue weighted by Gasteiger charge is 2.14. The Morgan fingerprint density at radius 1 is 0.634 bits per heavy atom. The van der Waals surface area contributed by atoms with E-state index < -0.39 is 23.3 Å². The highest BCUT2D eigenvalue weighted by atomic mass is 79.9. The Labute approximate surface area is 253 Å². The summed E-state index contributed by atoms with van der Waals surface area (Å²) in [6, 6.07) is 14.0. The van der Waals surface area contributed by atoms with Crippen molar-refractivity contribution in [3.63, 3.8) is 0 Å². The van der Waals surface area contributed by atoms with Crippen LogP contribution in [0.15, 0.2) is 71.2 Å². The number of hydrogen-bond donors (Lipinski definition) is 2. The minimum atomic E-state index is -0.748. The third kappa shape index (κ3) is 11.0. The summed E-state index contributed by atoms with van der Waals surface area (Å²) in [5.74, 6) is -1.75. The fourth-order valence-electron chi connectivity index (χ4n) is 3.04. The van der Waals surface area contributed by atoms with Gasteiger partial charge in [0.25, 0.3) is 0 Å². The molecule has 0 bridgehead atoms. The van der Waals surface area contributed by atoms with Crippen LogP contribution in [-0.2, 0) is 0 Å². The summed E-state index contributed by atoms with van der Waals surface area (Å²) in [6.45, 7) is 0. The Morgan fingerprint density at radius 3 is 1.68 bits per heavy atom. The van der Waals surface area contributed by atoms with E-state index in [0.717, 1.165) is 40.6 Å². The molecule has 0 saturated carbocycles. The molecule has 0 amide bonds. The van der Waals surface area contributed by atoms with Crippen molar-refractivity contribution in [3.8, 4) is 34.1 Å². The molecule has 0 aromatic heterocycles. The second-order valence-electron chi connectivity index (χ2n) is 7.47. The maximum Gasteiger partial charge on any atom is 0.569 e. The third-order valence-corrected chi connectivity index (χ3v) is 6.28. The fourth-order valence-corrected chi connectivity index (χ4v) is 3.77. The van der Waals surface area contributed by atoms with Gasteiger partial charge in [0, 0.05) is 40.4 Å². The number of ether oxygens (including phenoxy) is 2. The van der Waals surface area contributed by atoms with E-state index >= 15 is 0 Å². The van der Waals surface area contributed by atoms with Crippen LogP contribution in [0.1, 0.15) is 0 Å². The van der Waals surface area contributed by atoms with Gasteiger partial charge in [0.05, 0.1) is 24.3 Å². The van der Waals surface area contributed by atoms with Crippen LogP contribution in [0, 0.1) is 23.3 Å². The van der Waals surface area contributed by atoms with Crippen molar-refractivity contribution in [1.29, 1.82) is 0 Å². The lowest BCUT2D eigenvalue weighted by Gasteiger charge is -2.13. The molecule has 4 rings (SSSR count). The average molecular weight is 676 g/mol. The van der Waals surface area contributed by atoms with E-state index in [-0.39, 0.29) is 27.8 Å². The minimum Gasteiger partial charge on any atom is -0.537 e. The summed E-state index contributed by atoms with van der Waals surface area (Å²) in [7, 11) is 3.85. The van der Waals surface area contributed by atoms with Crippen LogP contribution in [0.3, 0.4) is 0 Å². The Balaban J connectivity index is 0.000000236. The zero-order valence-corrected chi connectivity index (χ0v) is 24.3. The second-order valence-corrected chi connectivity index (χ2v) is 9.14. The highest BCUT2D eigenvalue weighted by Crippen LogP contribution is 2.38. The molecule has 6 nitrogen and oxygen atoms in total. The Hall–Kier alpha value is -3.09. The summed E-state index contributed by atoms with van der Waals surface area (Å²) in [4.78, 5) is 0. The van der Waals surface area contributed by atoms with Gasteiger partial charge in [-0.15, -0.1) is 0 Å². The van der Waals surface area contributed by atoms with Gasteiger partial charge in [-0.25, -0.2) is 17.6 Å². The molecule has 0 saturated heterocycles. The van der Waals surface area contributed by atoms with Crippen molar-refractivity contribution in [3.05, 3.63) is 105 Å². The molecule has 0 heterocycles. The number of rotatable bonds is 7. The molecule has 4 aromatic rings. The van der Waals surface area contributed by atoms with E-state index in [1.807, 2.05) is 12.1 Å². The quantitative estimate of drug-likeness (QED) is 0.160. The first kappa shape index (κ1) is 34.1. The first-order valence-electron chi connectivity index (χ1n) is 11.1. The predicted molar refractivity (Wildman–Crippen MR) is 153 cm³/mol. The fraction of sp³-hybridized carbons (Fsp3) is 0.0769. The van der Waals surface area contributed by atoms with Crippen LogP contribution in [0.2, 0.25) is 10.0 Å². The van der Waals surface area contributed by atoms with Crippen LogP contribution in [0.4, 0.5) is 17.6 Å². The van der Waals surface area contributed by atoms with E-state index in [4.69, 9.17) is 47.4 Å². The van der Waals surface area contributed by atoms with Crippen LogP contribution in [0.5, 0.6) is 23.0 Å². The first-order valence-corrected chi connectivity index (χ1v) is 12.6. The van der Waals surface area contributed by atoms with Crippen molar-refractivity contribution in [2.75, 3.05) is 14.2 Å². The lowest BCUT2D eigenvalue weighted by Crippen LogP contribution is -2.02. The van der Waals surface area contributed by atoms with E-state index in [9.17, 15) is 17.6 Å². The molecule has 4 aromatic carbocycles. The van der Waals surface area contributed by atoms with Crippen molar-refractivity contribution in [2.45, 2.75) is 0 Å². The first-order chi connectivity index (χ1) is 19.5. The Morgan fingerprint density at radius 2 is 1.20 bits per heavy atom. The molecular weight excluding hydrogens is 657 g/mol. The molecule has 214 valence electrons. The predicted octanol–water partition coefficient (Wildman–Crippen LogP) is 7.18. The van der Waals surface area contributed by atoms with Gasteiger partial charge >= 0.3 is 15.4 Å². The molecule has 2 N–H and O–H groups in total. The highest BCUT2D eigenvalue weighted by molar-refractivity contribution is 9.10. The van der Waals surface area contributed by atoms with E-state index in [1.165, 1.54) is 19.2 Å². The summed E-state index contributed by atoms with van der Waals surface area (Å²) in [5, 5.41) is 17.7.